The molecule has 0 saturated heterocycles. The van der Waals surface area contributed by atoms with Crippen molar-refractivity contribution >= 4 is 5.97 Å². The molecule has 0 aliphatic carbocycles. The minimum atomic E-state index is -0.795. The second-order valence-electron chi connectivity index (χ2n) is 4.22. The first-order valence-corrected chi connectivity index (χ1v) is 5.74. The number of carboxylic acids is 1. The Morgan fingerprint density at radius 3 is 2.62 bits per heavy atom. The van der Waals surface area contributed by atoms with Crippen LogP contribution in [0.3, 0.4) is 0 Å². The first kappa shape index (κ1) is 12.7. The summed E-state index contributed by atoms with van der Waals surface area (Å²) in [5.41, 5.74) is 0.813. The average molecular weight is 225 g/mol. The Balaban J connectivity index is 2.82. The van der Waals surface area contributed by atoms with E-state index in [2.05, 4.69) is 11.9 Å². The molecule has 0 fully saturated rings. The summed E-state index contributed by atoms with van der Waals surface area (Å²) in [6, 6.07) is 0. The van der Waals surface area contributed by atoms with Gasteiger partial charge in [-0.2, -0.15) is 0 Å². The number of aromatic nitrogens is 1. The van der Waals surface area contributed by atoms with E-state index in [4.69, 9.17) is 9.52 Å². The third-order valence-electron chi connectivity index (χ3n) is 2.34. The van der Waals surface area contributed by atoms with Gasteiger partial charge in [0.1, 0.15) is 5.76 Å². The summed E-state index contributed by atoms with van der Waals surface area (Å²) in [5.74, 6) is 1.02. The molecule has 0 bridgehead atoms. The van der Waals surface area contributed by atoms with Gasteiger partial charge in [-0.05, 0) is 6.42 Å². The van der Waals surface area contributed by atoms with Gasteiger partial charge in [0, 0.05) is 18.8 Å². The lowest BCUT2D eigenvalue weighted by molar-refractivity contribution is -0.136. The summed E-state index contributed by atoms with van der Waals surface area (Å²) in [6.07, 6.45) is 2.38. The Hall–Kier alpha value is -1.32. The number of hydrogen-bond donors (Lipinski definition) is 1. The number of rotatable bonds is 6. The molecule has 0 atom stereocenters. The number of aliphatic carboxylic acids is 1. The number of aryl methyl sites for hydroxylation is 2. The van der Waals surface area contributed by atoms with Crippen LogP contribution in [0.4, 0.5) is 0 Å². The molecule has 0 radical (unpaired) electrons. The highest BCUT2D eigenvalue weighted by molar-refractivity contribution is 5.67. The molecule has 0 amide bonds. The van der Waals surface area contributed by atoms with Crippen molar-refractivity contribution in [2.45, 2.75) is 52.4 Å². The molecule has 0 aromatic carbocycles. The summed E-state index contributed by atoms with van der Waals surface area (Å²) < 4.78 is 5.64. The SMILES string of the molecule is CCCc1oc(C(C)C)nc1CCC(=O)O. The van der Waals surface area contributed by atoms with Crippen LogP contribution in [0.15, 0.2) is 4.42 Å². The lowest BCUT2D eigenvalue weighted by Gasteiger charge is -1.96. The lowest BCUT2D eigenvalue weighted by Crippen LogP contribution is -2.00. The van der Waals surface area contributed by atoms with E-state index in [0.29, 0.717) is 12.3 Å². The fourth-order valence-corrected chi connectivity index (χ4v) is 1.49. The average Bonchev–Trinajstić information content (AvgIpc) is 2.59. The van der Waals surface area contributed by atoms with Crippen LogP contribution < -0.4 is 0 Å². The standard InChI is InChI=1S/C12H19NO3/c1-4-5-10-9(6-7-11(14)15)13-12(16-10)8(2)3/h8H,4-7H2,1-3H3,(H,14,15). The normalized spacial score (nSPS) is 11.0. The van der Waals surface area contributed by atoms with Crippen molar-refractivity contribution in [1.82, 2.24) is 4.98 Å². The number of oxazole rings is 1. The molecule has 0 spiro atoms. The van der Waals surface area contributed by atoms with E-state index in [-0.39, 0.29) is 12.3 Å². The molecule has 1 heterocycles. The molecule has 4 nitrogen and oxygen atoms in total. The van der Waals surface area contributed by atoms with Crippen LogP contribution in [0, 0.1) is 0 Å². The number of carbonyl (C=O) groups is 1. The molecule has 4 heteroatoms. The summed E-state index contributed by atoms with van der Waals surface area (Å²) in [6.45, 7) is 6.10. The van der Waals surface area contributed by atoms with Crippen LogP contribution in [0.5, 0.6) is 0 Å². The van der Waals surface area contributed by atoms with Crippen LogP contribution >= 0.6 is 0 Å². The number of nitrogens with zero attached hydrogens (tertiary/aromatic N) is 1. The minimum absolute atomic E-state index is 0.112. The van der Waals surface area contributed by atoms with Crippen molar-refractivity contribution in [2.75, 3.05) is 0 Å². The van der Waals surface area contributed by atoms with Gasteiger partial charge >= 0.3 is 5.97 Å². The number of hydrogen-bond acceptors (Lipinski definition) is 3. The molecule has 90 valence electrons. The van der Waals surface area contributed by atoms with Gasteiger partial charge in [-0.3, -0.25) is 4.79 Å². The fraction of sp³-hybridized carbons (Fsp3) is 0.667. The second-order valence-corrected chi connectivity index (χ2v) is 4.22. The molecule has 1 rings (SSSR count). The van der Waals surface area contributed by atoms with E-state index in [1.165, 1.54) is 0 Å². The van der Waals surface area contributed by atoms with Crippen molar-refractivity contribution in [2.24, 2.45) is 0 Å². The van der Waals surface area contributed by atoms with Gasteiger partial charge in [0.05, 0.1) is 12.1 Å². The first-order valence-electron chi connectivity index (χ1n) is 5.74. The summed E-state index contributed by atoms with van der Waals surface area (Å²) in [5, 5.41) is 8.65. The third kappa shape index (κ3) is 3.36. The summed E-state index contributed by atoms with van der Waals surface area (Å²) >= 11 is 0. The molecule has 0 aliphatic heterocycles. The summed E-state index contributed by atoms with van der Waals surface area (Å²) in [7, 11) is 0. The maximum absolute atomic E-state index is 10.5. The predicted octanol–water partition coefficient (Wildman–Crippen LogP) is 2.77. The quantitative estimate of drug-likeness (QED) is 0.808. The second kappa shape index (κ2) is 5.68. The minimum Gasteiger partial charge on any atom is -0.481 e. The molecule has 0 aliphatic rings. The molecule has 1 aromatic rings. The van der Waals surface area contributed by atoms with Gasteiger partial charge in [0.2, 0.25) is 0 Å². The van der Waals surface area contributed by atoms with Gasteiger partial charge in [0.15, 0.2) is 5.89 Å². The zero-order valence-electron chi connectivity index (χ0n) is 10.1. The van der Waals surface area contributed by atoms with Crippen molar-refractivity contribution in [3.05, 3.63) is 17.3 Å². The largest absolute Gasteiger partial charge is 0.481 e. The van der Waals surface area contributed by atoms with Gasteiger partial charge in [-0.25, -0.2) is 4.98 Å². The Kier molecular flexibility index (Phi) is 4.52. The van der Waals surface area contributed by atoms with E-state index >= 15 is 0 Å². The molecular weight excluding hydrogens is 206 g/mol. The van der Waals surface area contributed by atoms with Gasteiger partial charge in [-0.15, -0.1) is 0 Å². The van der Waals surface area contributed by atoms with Crippen LogP contribution in [-0.2, 0) is 17.6 Å². The zero-order valence-corrected chi connectivity index (χ0v) is 10.1. The van der Waals surface area contributed by atoms with Crippen molar-refractivity contribution in [3.8, 4) is 0 Å². The van der Waals surface area contributed by atoms with Crippen LogP contribution in [-0.4, -0.2) is 16.1 Å². The van der Waals surface area contributed by atoms with E-state index in [1.54, 1.807) is 0 Å². The fourth-order valence-electron chi connectivity index (χ4n) is 1.49. The Morgan fingerprint density at radius 1 is 1.44 bits per heavy atom. The third-order valence-corrected chi connectivity index (χ3v) is 2.34. The zero-order chi connectivity index (χ0) is 12.1. The highest BCUT2D eigenvalue weighted by Gasteiger charge is 2.15. The van der Waals surface area contributed by atoms with E-state index in [9.17, 15) is 4.79 Å². The Bertz CT molecular complexity index is 355. The van der Waals surface area contributed by atoms with E-state index in [1.807, 2.05) is 13.8 Å². The maximum Gasteiger partial charge on any atom is 0.303 e. The molecule has 0 unspecified atom stereocenters. The van der Waals surface area contributed by atoms with Crippen LogP contribution in [0.1, 0.15) is 56.9 Å². The van der Waals surface area contributed by atoms with Gasteiger partial charge in [0.25, 0.3) is 0 Å². The first-order chi connectivity index (χ1) is 7.54. The predicted molar refractivity (Wildman–Crippen MR) is 60.5 cm³/mol. The number of carboxylic acid groups (broad SMARTS) is 1. The van der Waals surface area contributed by atoms with Gasteiger partial charge in [-0.1, -0.05) is 20.8 Å². The Labute approximate surface area is 95.7 Å². The maximum atomic E-state index is 10.5. The highest BCUT2D eigenvalue weighted by Crippen LogP contribution is 2.20. The molecule has 1 N–H and O–H groups in total. The summed E-state index contributed by atoms with van der Waals surface area (Å²) in [4.78, 5) is 14.9. The van der Waals surface area contributed by atoms with Crippen LogP contribution in [0.2, 0.25) is 0 Å². The molecular formula is C12H19NO3. The molecule has 16 heavy (non-hydrogen) atoms. The van der Waals surface area contributed by atoms with Crippen molar-refractivity contribution in [3.63, 3.8) is 0 Å². The van der Waals surface area contributed by atoms with Crippen LogP contribution in [0.25, 0.3) is 0 Å². The topological polar surface area (TPSA) is 63.3 Å². The van der Waals surface area contributed by atoms with Crippen molar-refractivity contribution in [1.29, 1.82) is 0 Å². The molecule has 1 aromatic heterocycles. The highest BCUT2D eigenvalue weighted by atomic mass is 16.4. The molecule has 0 saturated carbocycles. The van der Waals surface area contributed by atoms with Gasteiger partial charge < -0.3 is 9.52 Å². The lowest BCUT2D eigenvalue weighted by atomic mass is 10.1. The smallest absolute Gasteiger partial charge is 0.303 e. The van der Waals surface area contributed by atoms with E-state index in [0.717, 1.165) is 24.3 Å². The van der Waals surface area contributed by atoms with E-state index < -0.39 is 5.97 Å². The Morgan fingerprint density at radius 2 is 2.12 bits per heavy atom. The van der Waals surface area contributed by atoms with Crippen molar-refractivity contribution < 1.29 is 14.3 Å². The monoisotopic (exact) mass is 225 g/mol.